The van der Waals surface area contributed by atoms with E-state index in [0.717, 1.165) is 43.0 Å². The van der Waals surface area contributed by atoms with Crippen molar-refractivity contribution in [2.45, 2.75) is 24.3 Å². The summed E-state index contributed by atoms with van der Waals surface area (Å²) in [5.41, 5.74) is 0.899. The number of nitrogens with zero attached hydrogens (tertiary/aromatic N) is 1. The number of carbonyl (C=O) groups excluding carboxylic acids is 1. The Morgan fingerprint density at radius 3 is 2.44 bits per heavy atom. The fourth-order valence-corrected chi connectivity index (χ4v) is 4.17. The third kappa shape index (κ3) is 5.89. The Hall–Kier alpha value is -2.21. The molecule has 0 aliphatic carbocycles. The van der Waals surface area contributed by atoms with Crippen LogP contribution in [0, 0.1) is 11.7 Å². The first kappa shape index (κ1) is 19.5. The van der Waals surface area contributed by atoms with Gasteiger partial charge in [0, 0.05) is 30.3 Å². The normalized spacial score (nSPS) is 14.8. The van der Waals surface area contributed by atoms with Gasteiger partial charge in [0.15, 0.2) is 0 Å². The summed E-state index contributed by atoms with van der Waals surface area (Å²) >= 11 is 1.86. The predicted molar refractivity (Wildman–Crippen MR) is 107 cm³/mol. The van der Waals surface area contributed by atoms with Crippen LogP contribution in [0.4, 0.5) is 9.18 Å². The Morgan fingerprint density at radius 1 is 1.15 bits per heavy atom. The second-order valence-corrected chi connectivity index (χ2v) is 7.80. The van der Waals surface area contributed by atoms with Gasteiger partial charge in [-0.2, -0.15) is 0 Å². The van der Waals surface area contributed by atoms with Crippen molar-refractivity contribution in [1.82, 2.24) is 10.2 Å². The lowest BCUT2D eigenvalue weighted by Gasteiger charge is -2.32. The van der Waals surface area contributed by atoms with Crippen LogP contribution in [0.25, 0.3) is 0 Å². The van der Waals surface area contributed by atoms with Gasteiger partial charge in [0.1, 0.15) is 11.6 Å². The molecule has 2 aromatic rings. The van der Waals surface area contributed by atoms with Crippen LogP contribution in [-0.2, 0) is 6.54 Å². The number of hydrogen-bond acceptors (Lipinski definition) is 3. The standard InChI is InChI=1S/C21H25FN2O2S/c1-26-19-6-8-20(9-7-19)27-15-17-10-12-24(13-11-17)21(25)23-14-16-2-4-18(22)5-3-16/h2-9,17H,10-15H2,1H3,(H,23,25). The van der Waals surface area contributed by atoms with Crippen LogP contribution < -0.4 is 10.1 Å². The highest BCUT2D eigenvalue weighted by atomic mass is 32.2. The van der Waals surface area contributed by atoms with Crippen molar-refractivity contribution in [3.8, 4) is 5.75 Å². The van der Waals surface area contributed by atoms with Gasteiger partial charge < -0.3 is 15.0 Å². The third-order valence-electron chi connectivity index (χ3n) is 4.80. The van der Waals surface area contributed by atoms with Gasteiger partial charge in [-0.15, -0.1) is 11.8 Å². The molecule has 2 amide bonds. The van der Waals surface area contributed by atoms with Gasteiger partial charge in [-0.05, 0) is 60.7 Å². The molecule has 0 unspecified atom stereocenters. The summed E-state index contributed by atoms with van der Waals surface area (Å²) in [5.74, 6) is 2.30. The van der Waals surface area contributed by atoms with Crippen molar-refractivity contribution in [2.75, 3.05) is 26.0 Å². The summed E-state index contributed by atoms with van der Waals surface area (Å²) in [6.45, 7) is 1.98. The van der Waals surface area contributed by atoms with Crippen molar-refractivity contribution in [3.05, 3.63) is 59.9 Å². The lowest BCUT2D eigenvalue weighted by molar-refractivity contribution is 0.174. The summed E-state index contributed by atoms with van der Waals surface area (Å²) in [5, 5.41) is 2.92. The number of amides is 2. The van der Waals surface area contributed by atoms with Crippen LogP contribution in [0.3, 0.4) is 0 Å². The monoisotopic (exact) mass is 388 g/mol. The van der Waals surface area contributed by atoms with Crippen molar-refractivity contribution >= 4 is 17.8 Å². The number of ether oxygens (including phenoxy) is 1. The first-order valence-electron chi connectivity index (χ1n) is 9.18. The van der Waals surface area contributed by atoms with Gasteiger partial charge in [0.05, 0.1) is 7.11 Å². The molecular formula is C21H25FN2O2S. The minimum Gasteiger partial charge on any atom is -0.497 e. The topological polar surface area (TPSA) is 41.6 Å². The van der Waals surface area contributed by atoms with Crippen LogP contribution in [0.5, 0.6) is 5.75 Å². The fourth-order valence-electron chi connectivity index (χ4n) is 3.08. The Kier molecular flexibility index (Phi) is 6.98. The predicted octanol–water partition coefficient (Wildman–Crippen LogP) is 4.55. The number of nitrogens with one attached hydrogen (secondary N) is 1. The summed E-state index contributed by atoms with van der Waals surface area (Å²) in [6.07, 6.45) is 2.04. The molecule has 1 heterocycles. The third-order valence-corrected chi connectivity index (χ3v) is 6.05. The lowest BCUT2D eigenvalue weighted by atomic mass is 9.99. The van der Waals surface area contributed by atoms with E-state index in [0.29, 0.717) is 12.5 Å². The molecule has 1 aliphatic rings. The Labute approximate surface area is 164 Å². The maximum atomic E-state index is 12.9. The average molecular weight is 389 g/mol. The quantitative estimate of drug-likeness (QED) is 0.738. The molecule has 4 nitrogen and oxygen atoms in total. The first-order valence-corrected chi connectivity index (χ1v) is 10.2. The van der Waals surface area contributed by atoms with E-state index < -0.39 is 0 Å². The number of likely N-dealkylation sites (tertiary alicyclic amines) is 1. The van der Waals surface area contributed by atoms with Crippen LogP contribution in [0.15, 0.2) is 53.4 Å². The van der Waals surface area contributed by atoms with E-state index in [9.17, 15) is 9.18 Å². The van der Waals surface area contributed by atoms with Crippen molar-refractivity contribution in [3.63, 3.8) is 0 Å². The fraction of sp³-hybridized carbons (Fsp3) is 0.381. The molecule has 0 bridgehead atoms. The molecule has 0 atom stereocenters. The molecule has 6 heteroatoms. The SMILES string of the molecule is COc1ccc(SCC2CCN(C(=O)NCc3ccc(F)cc3)CC2)cc1. The first-order chi connectivity index (χ1) is 13.1. The minimum absolute atomic E-state index is 0.0411. The van der Waals surface area contributed by atoms with Crippen molar-refractivity contribution in [1.29, 1.82) is 0 Å². The largest absolute Gasteiger partial charge is 0.497 e. The zero-order valence-corrected chi connectivity index (χ0v) is 16.3. The van der Waals surface area contributed by atoms with Gasteiger partial charge in [0.2, 0.25) is 0 Å². The van der Waals surface area contributed by atoms with Gasteiger partial charge in [0.25, 0.3) is 0 Å². The second-order valence-electron chi connectivity index (χ2n) is 6.70. The molecule has 1 aliphatic heterocycles. The minimum atomic E-state index is -0.264. The number of benzene rings is 2. The maximum absolute atomic E-state index is 12.9. The number of carbonyl (C=O) groups is 1. The van der Waals surface area contributed by atoms with E-state index in [1.54, 1.807) is 19.2 Å². The van der Waals surface area contributed by atoms with E-state index in [4.69, 9.17) is 4.74 Å². The molecule has 1 fully saturated rings. The number of urea groups is 1. The van der Waals surface area contributed by atoms with Gasteiger partial charge in [-0.1, -0.05) is 12.1 Å². The Bertz CT molecular complexity index is 729. The second kappa shape index (κ2) is 9.65. The average Bonchev–Trinajstić information content (AvgIpc) is 2.72. The summed E-state index contributed by atoms with van der Waals surface area (Å²) < 4.78 is 18.1. The molecule has 3 rings (SSSR count). The molecule has 2 aromatic carbocycles. The number of hydrogen-bond donors (Lipinski definition) is 1. The van der Waals surface area contributed by atoms with Crippen molar-refractivity contribution in [2.24, 2.45) is 5.92 Å². The summed E-state index contributed by atoms with van der Waals surface area (Å²) in [7, 11) is 1.67. The number of thioether (sulfide) groups is 1. The number of methoxy groups -OCH3 is 1. The number of rotatable bonds is 6. The zero-order chi connectivity index (χ0) is 19.1. The van der Waals surface area contributed by atoms with Crippen LogP contribution in [0.2, 0.25) is 0 Å². The highest BCUT2D eigenvalue weighted by Gasteiger charge is 2.22. The van der Waals surface area contributed by atoms with Gasteiger partial charge in [-0.3, -0.25) is 0 Å². The Morgan fingerprint density at radius 2 is 1.81 bits per heavy atom. The molecule has 0 saturated carbocycles. The van der Waals surface area contributed by atoms with Crippen LogP contribution >= 0.6 is 11.8 Å². The van der Waals surface area contributed by atoms with Gasteiger partial charge >= 0.3 is 6.03 Å². The molecule has 0 aromatic heterocycles. The van der Waals surface area contributed by atoms with E-state index in [1.807, 2.05) is 28.8 Å². The van der Waals surface area contributed by atoms with E-state index in [-0.39, 0.29) is 11.8 Å². The number of halogens is 1. The molecule has 27 heavy (non-hydrogen) atoms. The van der Waals surface area contributed by atoms with E-state index in [1.165, 1.54) is 17.0 Å². The van der Waals surface area contributed by atoms with Crippen LogP contribution in [-0.4, -0.2) is 36.9 Å². The highest BCUT2D eigenvalue weighted by molar-refractivity contribution is 7.99. The molecule has 144 valence electrons. The van der Waals surface area contributed by atoms with Gasteiger partial charge in [-0.25, -0.2) is 9.18 Å². The van der Waals surface area contributed by atoms with Crippen molar-refractivity contribution < 1.29 is 13.9 Å². The maximum Gasteiger partial charge on any atom is 0.317 e. The summed E-state index contributed by atoms with van der Waals surface area (Å²) in [4.78, 5) is 15.4. The van der Waals surface area contributed by atoms with Crippen LogP contribution in [0.1, 0.15) is 18.4 Å². The summed E-state index contributed by atoms with van der Waals surface area (Å²) in [6, 6.07) is 14.3. The Balaban J connectivity index is 1.37. The zero-order valence-electron chi connectivity index (χ0n) is 15.5. The molecular weight excluding hydrogens is 363 g/mol. The highest BCUT2D eigenvalue weighted by Crippen LogP contribution is 2.27. The molecule has 1 N–H and O–H groups in total. The lowest BCUT2D eigenvalue weighted by Crippen LogP contribution is -2.44. The molecule has 0 radical (unpaired) electrons. The molecule has 0 spiro atoms. The molecule has 1 saturated heterocycles. The van der Waals surface area contributed by atoms with E-state index in [2.05, 4.69) is 17.4 Å². The smallest absolute Gasteiger partial charge is 0.317 e. The van der Waals surface area contributed by atoms with E-state index >= 15 is 0 Å². The number of piperidine rings is 1.